The van der Waals surface area contributed by atoms with Crippen molar-refractivity contribution in [3.05, 3.63) is 27.1 Å². The molecular formula is C9H10N2O6S. The van der Waals surface area contributed by atoms with E-state index in [2.05, 4.69) is 10.1 Å². The first-order valence-corrected chi connectivity index (χ1v) is 5.55. The van der Waals surface area contributed by atoms with Crippen LogP contribution >= 0.6 is 11.3 Å². The molecule has 1 aromatic heterocycles. The number of ether oxygens (including phenoxy) is 1. The molecule has 0 radical (unpaired) electrons. The van der Waals surface area contributed by atoms with Crippen molar-refractivity contribution in [3.63, 3.8) is 0 Å². The fourth-order valence-corrected chi connectivity index (χ4v) is 1.83. The minimum atomic E-state index is -1.20. The average Bonchev–Trinajstić information content (AvgIpc) is 2.78. The largest absolute Gasteiger partial charge is 0.479 e. The van der Waals surface area contributed by atoms with Gasteiger partial charge in [0.15, 0.2) is 6.10 Å². The zero-order valence-electron chi connectivity index (χ0n) is 9.28. The van der Waals surface area contributed by atoms with Gasteiger partial charge < -0.3 is 15.2 Å². The summed E-state index contributed by atoms with van der Waals surface area (Å²) in [7, 11) is 1.21. The Kier molecular flexibility index (Phi) is 4.75. The molecule has 0 aliphatic rings. The van der Waals surface area contributed by atoms with Crippen molar-refractivity contribution in [2.24, 2.45) is 0 Å². The fraction of sp³-hybridized carbons (Fsp3) is 0.333. The van der Waals surface area contributed by atoms with Crippen molar-refractivity contribution in [2.45, 2.75) is 6.10 Å². The van der Waals surface area contributed by atoms with Gasteiger partial charge in [0.1, 0.15) is 0 Å². The number of aliphatic carboxylic acids is 1. The molecule has 1 heterocycles. The van der Waals surface area contributed by atoms with E-state index >= 15 is 0 Å². The molecule has 0 aliphatic heterocycles. The molecule has 9 heteroatoms. The number of methoxy groups -OCH3 is 1. The molecular weight excluding hydrogens is 264 g/mol. The van der Waals surface area contributed by atoms with Gasteiger partial charge in [0.05, 0.1) is 16.3 Å². The Hall–Kier alpha value is -2.00. The summed E-state index contributed by atoms with van der Waals surface area (Å²) in [5.41, 5.74) is 0. The Morgan fingerprint density at radius 1 is 1.61 bits per heavy atom. The quantitative estimate of drug-likeness (QED) is 0.575. The van der Waals surface area contributed by atoms with E-state index in [9.17, 15) is 19.7 Å². The van der Waals surface area contributed by atoms with Gasteiger partial charge in [-0.05, 0) is 6.07 Å². The zero-order valence-corrected chi connectivity index (χ0v) is 10.1. The van der Waals surface area contributed by atoms with E-state index in [1.54, 1.807) is 0 Å². The number of hydrogen-bond donors (Lipinski definition) is 2. The summed E-state index contributed by atoms with van der Waals surface area (Å²) in [5, 5.41) is 21.3. The molecule has 1 unspecified atom stereocenters. The lowest BCUT2D eigenvalue weighted by molar-refractivity contribution is -0.380. The molecule has 2 N–H and O–H groups in total. The molecule has 0 spiro atoms. The van der Waals surface area contributed by atoms with Gasteiger partial charge in [-0.15, -0.1) is 0 Å². The number of rotatable bonds is 6. The first-order chi connectivity index (χ1) is 8.45. The molecule has 1 atom stereocenters. The zero-order chi connectivity index (χ0) is 13.7. The highest BCUT2D eigenvalue weighted by molar-refractivity contribution is 7.17. The third-order valence-electron chi connectivity index (χ3n) is 2.00. The second-order valence-electron chi connectivity index (χ2n) is 3.17. The molecule has 0 fully saturated rings. The van der Waals surface area contributed by atoms with E-state index in [0.717, 1.165) is 11.3 Å². The van der Waals surface area contributed by atoms with Crippen LogP contribution in [0.25, 0.3) is 0 Å². The molecule has 0 aliphatic carbocycles. The van der Waals surface area contributed by atoms with E-state index in [4.69, 9.17) is 5.11 Å². The normalized spacial score (nSPS) is 11.8. The van der Waals surface area contributed by atoms with Gasteiger partial charge in [0.25, 0.3) is 5.91 Å². The predicted molar refractivity (Wildman–Crippen MR) is 61.7 cm³/mol. The lowest BCUT2D eigenvalue weighted by Crippen LogP contribution is -2.37. The van der Waals surface area contributed by atoms with Crippen LogP contribution in [0.3, 0.4) is 0 Å². The summed E-state index contributed by atoms with van der Waals surface area (Å²) in [4.78, 5) is 32.1. The Bertz CT molecular complexity index is 471. The summed E-state index contributed by atoms with van der Waals surface area (Å²) in [6, 6.07) is 2.52. The summed E-state index contributed by atoms with van der Waals surface area (Å²) in [5.74, 6) is -1.77. The predicted octanol–water partition coefficient (Wildman–Crippen LogP) is 0.486. The van der Waals surface area contributed by atoms with E-state index in [1.165, 1.54) is 19.2 Å². The number of carboxylic acid groups (broad SMARTS) is 1. The van der Waals surface area contributed by atoms with Crippen LogP contribution in [0.4, 0.5) is 5.00 Å². The van der Waals surface area contributed by atoms with Crippen molar-refractivity contribution in [1.82, 2.24) is 5.32 Å². The average molecular weight is 274 g/mol. The summed E-state index contributed by atoms with van der Waals surface area (Å²) in [6.45, 7) is -0.212. The highest BCUT2D eigenvalue weighted by atomic mass is 32.1. The van der Waals surface area contributed by atoms with Gasteiger partial charge in [-0.1, -0.05) is 11.3 Å². The first-order valence-electron chi connectivity index (χ1n) is 4.73. The topological polar surface area (TPSA) is 119 Å². The highest BCUT2D eigenvalue weighted by Gasteiger charge is 2.19. The summed E-state index contributed by atoms with van der Waals surface area (Å²) < 4.78 is 4.62. The molecule has 1 rings (SSSR count). The molecule has 8 nitrogen and oxygen atoms in total. The number of carbonyl (C=O) groups excluding carboxylic acids is 1. The van der Waals surface area contributed by atoms with E-state index in [1.807, 2.05) is 0 Å². The van der Waals surface area contributed by atoms with Crippen molar-refractivity contribution in [3.8, 4) is 0 Å². The number of hydrogen-bond acceptors (Lipinski definition) is 6. The van der Waals surface area contributed by atoms with Crippen LogP contribution in [0.2, 0.25) is 0 Å². The third-order valence-corrected chi connectivity index (χ3v) is 3.04. The fourth-order valence-electron chi connectivity index (χ4n) is 1.09. The SMILES string of the molecule is COC(CNC(=O)c1ccc([N+](=O)[O-])s1)C(=O)O. The van der Waals surface area contributed by atoms with Crippen LogP contribution in [0.1, 0.15) is 9.67 Å². The number of amides is 1. The summed E-state index contributed by atoms with van der Waals surface area (Å²) in [6.07, 6.45) is -1.15. The number of carboxylic acids is 1. The first kappa shape index (κ1) is 14.1. The van der Waals surface area contributed by atoms with Gasteiger partial charge in [-0.2, -0.15) is 0 Å². The smallest absolute Gasteiger partial charge is 0.334 e. The second-order valence-corrected chi connectivity index (χ2v) is 4.23. The van der Waals surface area contributed by atoms with Gasteiger partial charge in [-0.3, -0.25) is 14.9 Å². The van der Waals surface area contributed by atoms with Gasteiger partial charge in [-0.25, -0.2) is 4.79 Å². The molecule has 0 saturated heterocycles. The summed E-state index contributed by atoms with van der Waals surface area (Å²) >= 11 is 0.717. The lowest BCUT2D eigenvalue weighted by atomic mass is 10.3. The maximum absolute atomic E-state index is 11.6. The maximum Gasteiger partial charge on any atom is 0.334 e. The molecule has 0 bridgehead atoms. The second kappa shape index (κ2) is 6.07. The van der Waals surface area contributed by atoms with Crippen molar-refractivity contribution in [1.29, 1.82) is 0 Å². The Morgan fingerprint density at radius 3 is 2.72 bits per heavy atom. The standard InChI is InChI=1S/C9H10N2O6S/c1-17-5(9(13)14)4-10-8(12)6-2-3-7(18-6)11(15)16/h2-3,5H,4H2,1H3,(H,10,12)(H,13,14). The molecule has 1 aromatic rings. The molecule has 18 heavy (non-hydrogen) atoms. The Morgan fingerprint density at radius 2 is 2.28 bits per heavy atom. The number of nitrogens with one attached hydrogen (secondary N) is 1. The van der Waals surface area contributed by atoms with Crippen LogP contribution in [0.5, 0.6) is 0 Å². The van der Waals surface area contributed by atoms with Crippen molar-refractivity contribution < 1.29 is 24.4 Å². The molecule has 1 amide bonds. The minimum absolute atomic E-state index is 0.141. The molecule has 0 saturated carbocycles. The van der Waals surface area contributed by atoms with Gasteiger partial charge in [0.2, 0.25) is 0 Å². The number of nitro groups is 1. The molecule has 0 aromatic carbocycles. The Balaban J connectivity index is 2.59. The third kappa shape index (κ3) is 3.50. The van der Waals surface area contributed by atoms with Gasteiger partial charge in [0, 0.05) is 13.2 Å². The number of nitrogens with zero attached hydrogens (tertiary/aromatic N) is 1. The van der Waals surface area contributed by atoms with Crippen LogP contribution in [0.15, 0.2) is 12.1 Å². The highest BCUT2D eigenvalue weighted by Crippen LogP contribution is 2.23. The van der Waals surface area contributed by atoms with Gasteiger partial charge >= 0.3 is 11.0 Å². The number of carbonyl (C=O) groups is 2. The monoisotopic (exact) mass is 274 g/mol. The van der Waals surface area contributed by atoms with Crippen LogP contribution in [-0.2, 0) is 9.53 Å². The number of thiophene rings is 1. The lowest BCUT2D eigenvalue weighted by Gasteiger charge is -2.10. The van der Waals surface area contributed by atoms with Crippen molar-refractivity contribution >= 4 is 28.2 Å². The maximum atomic E-state index is 11.6. The molecule has 98 valence electrons. The van der Waals surface area contributed by atoms with E-state index in [0.29, 0.717) is 0 Å². The van der Waals surface area contributed by atoms with Crippen LogP contribution in [0, 0.1) is 10.1 Å². The van der Waals surface area contributed by atoms with Crippen molar-refractivity contribution in [2.75, 3.05) is 13.7 Å². The van der Waals surface area contributed by atoms with E-state index in [-0.39, 0.29) is 16.4 Å². The van der Waals surface area contributed by atoms with Crippen LogP contribution in [-0.4, -0.2) is 41.7 Å². The van der Waals surface area contributed by atoms with Crippen LogP contribution < -0.4 is 5.32 Å². The minimum Gasteiger partial charge on any atom is -0.479 e. The van der Waals surface area contributed by atoms with E-state index < -0.39 is 22.9 Å². The Labute approximate surface area is 105 Å².